The molecule has 0 aromatic heterocycles. The molecule has 2 rings (SSSR count). The first kappa shape index (κ1) is 12.6. The Bertz CT molecular complexity index is 512. The highest BCUT2D eigenvalue weighted by molar-refractivity contribution is 6.39. The van der Waals surface area contributed by atoms with Gasteiger partial charge in [-0.3, -0.25) is 0 Å². The maximum Gasteiger partial charge on any atom is 0.115 e. The summed E-state index contributed by atoms with van der Waals surface area (Å²) in [4.78, 5) is 0. The molecule has 0 amide bonds. The van der Waals surface area contributed by atoms with Gasteiger partial charge >= 0.3 is 0 Å². The molecule has 88 valence electrons. The molecule has 1 nitrogen and oxygen atoms in total. The lowest BCUT2D eigenvalue weighted by atomic mass is 10.0. The summed E-state index contributed by atoms with van der Waals surface area (Å²) in [6, 6.07) is 10.3. The molecule has 1 N–H and O–H groups in total. The Morgan fingerprint density at radius 2 is 1.41 bits per heavy atom. The molecule has 0 saturated carbocycles. The first-order valence-corrected chi connectivity index (χ1v) is 6.11. The van der Waals surface area contributed by atoms with E-state index in [9.17, 15) is 5.11 Å². The highest BCUT2D eigenvalue weighted by atomic mass is 35.5. The van der Waals surface area contributed by atoms with Crippen LogP contribution in [-0.4, -0.2) is 5.11 Å². The number of phenolic OH excluding ortho intramolecular Hbond substituents is 1. The largest absolute Gasteiger partial charge is 0.508 e. The fraction of sp³-hybridized carbons (Fsp3) is 0.0769. The van der Waals surface area contributed by atoms with Crippen molar-refractivity contribution in [2.75, 3.05) is 0 Å². The second kappa shape index (κ2) is 5.18. The molecule has 17 heavy (non-hydrogen) atoms. The van der Waals surface area contributed by atoms with Crippen molar-refractivity contribution < 1.29 is 5.11 Å². The molecule has 0 aliphatic heterocycles. The molecule has 4 heteroatoms. The van der Waals surface area contributed by atoms with Gasteiger partial charge in [0.25, 0.3) is 0 Å². The quantitative estimate of drug-likeness (QED) is 0.829. The van der Waals surface area contributed by atoms with Crippen molar-refractivity contribution in [1.82, 2.24) is 0 Å². The zero-order valence-corrected chi connectivity index (χ0v) is 11.0. The Kier molecular flexibility index (Phi) is 3.82. The van der Waals surface area contributed by atoms with Crippen LogP contribution in [0.4, 0.5) is 0 Å². The van der Waals surface area contributed by atoms with Crippen LogP contribution < -0.4 is 0 Å². The fourth-order valence-electron chi connectivity index (χ4n) is 1.56. The standard InChI is InChI=1S/C13H9Cl3O/c14-9-6-12(15)11(13(16)7-9)5-8-1-3-10(17)4-2-8/h1-4,6-7,17H,5H2. The van der Waals surface area contributed by atoms with Crippen LogP contribution in [0, 0.1) is 0 Å². The molecule has 0 aliphatic carbocycles. The van der Waals surface area contributed by atoms with Crippen LogP contribution in [0.25, 0.3) is 0 Å². The summed E-state index contributed by atoms with van der Waals surface area (Å²) in [5.41, 5.74) is 1.86. The molecule has 0 atom stereocenters. The lowest BCUT2D eigenvalue weighted by Gasteiger charge is -2.08. The lowest BCUT2D eigenvalue weighted by molar-refractivity contribution is 0.475. The van der Waals surface area contributed by atoms with Gasteiger partial charge in [0, 0.05) is 21.5 Å². The van der Waals surface area contributed by atoms with Gasteiger partial charge in [0.1, 0.15) is 5.75 Å². The average molecular weight is 288 g/mol. The molecule has 0 unspecified atom stereocenters. The minimum Gasteiger partial charge on any atom is -0.508 e. The van der Waals surface area contributed by atoms with Gasteiger partial charge in [-0.15, -0.1) is 0 Å². The number of hydrogen-bond donors (Lipinski definition) is 1. The number of phenols is 1. The predicted molar refractivity (Wildman–Crippen MR) is 72.4 cm³/mol. The summed E-state index contributed by atoms with van der Waals surface area (Å²) in [5.74, 6) is 0.238. The van der Waals surface area contributed by atoms with Crippen LogP contribution in [0.3, 0.4) is 0 Å². The maximum absolute atomic E-state index is 9.20. The number of benzene rings is 2. The highest BCUT2D eigenvalue weighted by Crippen LogP contribution is 2.31. The Morgan fingerprint density at radius 3 is 1.94 bits per heavy atom. The van der Waals surface area contributed by atoms with Crippen molar-refractivity contribution in [1.29, 1.82) is 0 Å². The summed E-state index contributed by atoms with van der Waals surface area (Å²) in [6.45, 7) is 0. The minimum absolute atomic E-state index is 0.238. The average Bonchev–Trinajstić information content (AvgIpc) is 2.26. The van der Waals surface area contributed by atoms with E-state index in [1.807, 2.05) is 12.1 Å². The minimum atomic E-state index is 0.238. The van der Waals surface area contributed by atoms with Crippen molar-refractivity contribution in [3.05, 3.63) is 62.6 Å². The summed E-state index contributed by atoms with van der Waals surface area (Å²) in [7, 11) is 0. The van der Waals surface area contributed by atoms with Gasteiger partial charge in [0.2, 0.25) is 0 Å². The molecule has 0 heterocycles. The fourth-order valence-corrected chi connectivity index (χ4v) is 2.51. The van der Waals surface area contributed by atoms with E-state index in [4.69, 9.17) is 34.8 Å². The molecule has 0 bridgehead atoms. The lowest BCUT2D eigenvalue weighted by Crippen LogP contribution is -1.91. The zero-order valence-electron chi connectivity index (χ0n) is 8.75. The van der Waals surface area contributed by atoms with E-state index in [0.29, 0.717) is 21.5 Å². The molecule has 0 radical (unpaired) electrons. The molecular weight excluding hydrogens is 279 g/mol. The van der Waals surface area contributed by atoms with Crippen LogP contribution >= 0.6 is 34.8 Å². The zero-order chi connectivity index (χ0) is 12.4. The molecule has 0 aliphatic rings. The number of halogens is 3. The van der Waals surface area contributed by atoms with Crippen LogP contribution in [0.15, 0.2) is 36.4 Å². The third kappa shape index (κ3) is 3.06. The number of hydrogen-bond acceptors (Lipinski definition) is 1. The SMILES string of the molecule is Oc1ccc(Cc2c(Cl)cc(Cl)cc2Cl)cc1. The second-order valence-corrected chi connectivity index (χ2v) is 4.94. The first-order valence-electron chi connectivity index (χ1n) is 4.97. The van der Waals surface area contributed by atoms with E-state index in [1.54, 1.807) is 24.3 Å². The van der Waals surface area contributed by atoms with Crippen LogP contribution in [-0.2, 0) is 6.42 Å². The predicted octanol–water partition coefficient (Wildman–Crippen LogP) is 4.94. The van der Waals surface area contributed by atoms with Gasteiger partial charge in [0.15, 0.2) is 0 Å². The number of aromatic hydroxyl groups is 1. The molecular formula is C13H9Cl3O. The molecule has 2 aromatic carbocycles. The van der Waals surface area contributed by atoms with Gasteiger partial charge in [-0.05, 0) is 35.4 Å². The van der Waals surface area contributed by atoms with E-state index < -0.39 is 0 Å². The number of rotatable bonds is 2. The highest BCUT2D eigenvalue weighted by Gasteiger charge is 2.08. The normalized spacial score (nSPS) is 10.5. The van der Waals surface area contributed by atoms with Crippen molar-refractivity contribution >= 4 is 34.8 Å². The van der Waals surface area contributed by atoms with Gasteiger partial charge in [-0.1, -0.05) is 46.9 Å². The van der Waals surface area contributed by atoms with Crippen molar-refractivity contribution in [2.45, 2.75) is 6.42 Å². The Labute approximate surface area is 115 Å². The van der Waals surface area contributed by atoms with Gasteiger partial charge < -0.3 is 5.11 Å². The van der Waals surface area contributed by atoms with Crippen LogP contribution in [0.5, 0.6) is 5.75 Å². The molecule has 0 saturated heterocycles. The maximum atomic E-state index is 9.20. The van der Waals surface area contributed by atoms with E-state index >= 15 is 0 Å². The summed E-state index contributed by atoms with van der Waals surface area (Å²) in [5, 5.41) is 10.8. The van der Waals surface area contributed by atoms with E-state index in [1.165, 1.54) is 0 Å². The summed E-state index contributed by atoms with van der Waals surface area (Å²) in [6.07, 6.45) is 0.606. The molecule has 0 fully saturated rings. The van der Waals surface area contributed by atoms with Crippen molar-refractivity contribution in [3.63, 3.8) is 0 Å². The van der Waals surface area contributed by atoms with E-state index in [0.717, 1.165) is 11.1 Å². The van der Waals surface area contributed by atoms with Crippen LogP contribution in [0.1, 0.15) is 11.1 Å². The Morgan fingerprint density at radius 1 is 0.882 bits per heavy atom. The summed E-state index contributed by atoms with van der Waals surface area (Å²) >= 11 is 18.0. The van der Waals surface area contributed by atoms with E-state index in [2.05, 4.69) is 0 Å². The topological polar surface area (TPSA) is 20.2 Å². The van der Waals surface area contributed by atoms with Gasteiger partial charge in [-0.25, -0.2) is 0 Å². The van der Waals surface area contributed by atoms with Crippen molar-refractivity contribution in [2.24, 2.45) is 0 Å². The van der Waals surface area contributed by atoms with Crippen LogP contribution in [0.2, 0.25) is 15.1 Å². The Hall–Kier alpha value is -0.890. The second-order valence-electron chi connectivity index (χ2n) is 3.69. The van der Waals surface area contributed by atoms with Gasteiger partial charge in [-0.2, -0.15) is 0 Å². The van der Waals surface area contributed by atoms with Crippen molar-refractivity contribution in [3.8, 4) is 5.75 Å². The first-order chi connectivity index (χ1) is 8.06. The van der Waals surface area contributed by atoms with Gasteiger partial charge in [0.05, 0.1) is 0 Å². The third-order valence-corrected chi connectivity index (χ3v) is 3.32. The van der Waals surface area contributed by atoms with E-state index in [-0.39, 0.29) is 5.75 Å². The smallest absolute Gasteiger partial charge is 0.115 e. The molecule has 0 spiro atoms. The monoisotopic (exact) mass is 286 g/mol. The third-order valence-electron chi connectivity index (χ3n) is 2.42. The molecule has 2 aromatic rings. The summed E-state index contributed by atoms with van der Waals surface area (Å²) < 4.78 is 0. The Balaban J connectivity index is 2.33.